The summed E-state index contributed by atoms with van der Waals surface area (Å²) in [5, 5.41) is 12.3. The van der Waals surface area contributed by atoms with E-state index >= 15 is 0 Å². The highest BCUT2D eigenvalue weighted by atomic mass is 32.2. The number of likely N-dealkylation sites (tertiary alicyclic amines) is 1. The summed E-state index contributed by atoms with van der Waals surface area (Å²) in [6.07, 6.45) is 1.40. The monoisotopic (exact) mass is 298 g/mol. The number of nitriles is 1. The van der Waals surface area contributed by atoms with E-state index in [4.69, 9.17) is 9.78 Å². The highest BCUT2D eigenvalue weighted by Gasteiger charge is 2.28. The van der Waals surface area contributed by atoms with Crippen LogP contribution in [0.1, 0.15) is 24.3 Å². The van der Waals surface area contributed by atoms with Crippen LogP contribution in [0.25, 0.3) is 0 Å². The van der Waals surface area contributed by atoms with Gasteiger partial charge in [-0.05, 0) is 26.7 Å². The molecule has 7 nitrogen and oxygen atoms in total. The molecule has 0 atom stereocenters. The molecule has 0 aliphatic carbocycles. The van der Waals surface area contributed by atoms with Crippen molar-refractivity contribution < 1.29 is 12.9 Å². The normalized spacial score (nSPS) is 18.1. The molecule has 1 aliphatic heterocycles. The fraction of sp³-hybridized carbons (Fsp3) is 0.667. The smallest absolute Gasteiger partial charge is 0.246 e. The molecule has 1 fully saturated rings. The number of rotatable bonds is 4. The van der Waals surface area contributed by atoms with E-state index in [2.05, 4.69) is 15.9 Å². The van der Waals surface area contributed by atoms with Crippen LogP contribution in [0.15, 0.2) is 9.42 Å². The number of aryl methyl sites for hydroxylation is 2. The molecule has 2 rings (SSSR count). The average Bonchev–Trinajstić information content (AvgIpc) is 2.72. The van der Waals surface area contributed by atoms with Crippen molar-refractivity contribution in [3.05, 3.63) is 11.5 Å². The first-order chi connectivity index (χ1) is 9.44. The zero-order chi connectivity index (χ0) is 14.8. The van der Waals surface area contributed by atoms with E-state index in [0.717, 1.165) is 13.1 Å². The number of hydrogen-bond acceptors (Lipinski definition) is 6. The van der Waals surface area contributed by atoms with Crippen LogP contribution < -0.4 is 4.72 Å². The van der Waals surface area contributed by atoms with Crippen molar-refractivity contribution in [2.75, 3.05) is 19.6 Å². The van der Waals surface area contributed by atoms with E-state index in [-0.39, 0.29) is 10.9 Å². The summed E-state index contributed by atoms with van der Waals surface area (Å²) in [5.41, 5.74) is 0.372. The molecule has 8 heteroatoms. The van der Waals surface area contributed by atoms with E-state index < -0.39 is 10.0 Å². The van der Waals surface area contributed by atoms with E-state index in [9.17, 15) is 8.42 Å². The van der Waals surface area contributed by atoms with Gasteiger partial charge in [0.05, 0.1) is 12.6 Å². The lowest BCUT2D eigenvalue weighted by molar-refractivity contribution is 0.229. The molecule has 0 aromatic carbocycles. The first-order valence-electron chi connectivity index (χ1n) is 6.48. The maximum absolute atomic E-state index is 12.3. The lowest BCUT2D eigenvalue weighted by atomic mass is 10.1. The first kappa shape index (κ1) is 15.0. The van der Waals surface area contributed by atoms with Gasteiger partial charge < -0.3 is 4.52 Å². The predicted molar refractivity (Wildman–Crippen MR) is 71.4 cm³/mol. The second-order valence-corrected chi connectivity index (χ2v) is 6.63. The molecule has 0 unspecified atom stereocenters. The van der Waals surface area contributed by atoms with Gasteiger partial charge in [0.2, 0.25) is 10.0 Å². The van der Waals surface area contributed by atoms with Crippen LogP contribution >= 0.6 is 0 Å². The quantitative estimate of drug-likeness (QED) is 0.815. The third-order valence-corrected chi connectivity index (χ3v) is 5.20. The molecular formula is C12H18N4O3S. The van der Waals surface area contributed by atoms with Gasteiger partial charge in [0.25, 0.3) is 0 Å². The lowest BCUT2D eigenvalue weighted by Crippen LogP contribution is -2.44. The van der Waals surface area contributed by atoms with Crippen molar-refractivity contribution in [2.24, 2.45) is 0 Å². The fourth-order valence-corrected chi connectivity index (χ4v) is 4.08. The van der Waals surface area contributed by atoms with Gasteiger partial charge in [0.1, 0.15) is 10.6 Å². The zero-order valence-electron chi connectivity index (χ0n) is 11.6. The van der Waals surface area contributed by atoms with Gasteiger partial charge in [0.15, 0.2) is 5.76 Å². The Labute approximate surface area is 118 Å². The summed E-state index contributed by atoms with van der Waals surface area (Å²) < 4.78 is 32.3. The minimum Gasteiger partial charge on any atom is -0.360 e. The number of nitrogens with one attached hydrogen (secondary N) is 1. The van der Waals surface area contributed by atoms with Crippen LogP contribution in [0.3, 0.4) is 0 Å². The summed E-state index contributed by atoms with van der Waals surface area (Å²) >= 11 is 0. The molecule has 2 heterocycles. The van der Waals surface area contributed by atoms with Crippen molar-refractivity contribution in [1.82, 2.24) is 14.8 Å². The Hall–Kier alpha value is -1.43. The predicted octanol–water partition coefficient (Wildman–Crippen LogP) is 0.558. The van der Waals surface area contributed by atoms with Crippen LogP contribution in [-0.2, 0) is 10.0 Å². The summed E-state index contributed by atoms with van der Waals surface area (Å²) in [5.74, 6) is 0.303. The summed E-state index contributed by atoms with van der Waals surface area (Å²) in [6.45, 7) is 5.04. The highest BCUT2D eigenvalue weighted by Crippen LogP contribution is 2.20. The van der Waals surface area contributed by atoms with Crippen LogP contribution in [0, 0.1) is 25.2 Å². The molecule has 1 aliphatic rings. The Bertz CT molecular complexity index is 590. The van der Waals surface area contributed by atoms with Crippen LogP contribution in [0.2, 0.25) is 0 Å². The van der Waals surface area contributed by atoms with Gasteiger partial charge >= 0.3 is 0 Å². The minimum atomic E-state index is -3.60. The largest absolute Gasteiger partial charge is 0.360 e. The van der Waals surface area contributed by atoms with Crippen molar-refractivity contribution in [3.63, 3.8) is 0 Å². The maximum atomic E-state index is 12.3. The standard InChI is InChI=1S/C12H18N4O3S/c1-9-12(10(2)19-14-9)20(17,18)15-11-3-6-16(7-4-11)8-5-13/h11,15H,3-4,6-8H2,1-2H3. The van der Waals surface area contributed by atoms with Crippen molar-refractivity contribution in [2.45, 2.75) is 37.6 Å². The third kappa shape index (κ3) is 3.17. The highest BCUT2D eigenvalue weighted by molar-refractivity contribution is 7.89. The van der Waals surface area contributed by atoms with E-state index in [1.165, 1.54) is 0 Å². The molecule has 0 spiro atoms. The minimum absolute atomic E-state index is 0.108. The van der Waals surface area contributed by atoms with Crippen LogP contribution in [0.5, 0.6) is 0 Å². The van der Waals surface area contributed by atoms with Crippen LogP contribution in [-0.4, -0.2) is 44.2 Å². The van der Waals surface area contributed by atoms with E-state index in [1.807, 2.05) is 4.90 Å². The second-order valence-electron chi connectivity index (χ2n) is 4.98. The molecule has 1 N–H and O–H groups in total. The first-order valence-corrected chi connectivity index (χ1v) is 7.97. The SMILES string of the molecule is Cc1noc(C)c1S(=O)(=O)NC1CCN(CC#N)CC1. The Kier molecular flexibility index (Phi) is 4.42. The molecule has 1 aromatic rings. The van der Waals surface area contributed by atoms with E-state index in [0.29, 0.717) is 30.8 Å². The molecule has 0 bridgehead atoms. The molecule has 0 saturated carbocycles. The van der Waals surface area contributed by atoms with E-state index in [1.54, 1.807) is 13.8 Å². The molecule has 20 heavy (non-hydrogen) atoms. The molecule has 1 saturated heterocycles. The third-order valence-electron chi connectivity index (χ3n) is 3.44. The zero-order valence-corrected chi connectivity index (χ0v) is 12.4. The van der Waals surface area contributed by atoms with Gasteiger partial charge in [-0.15, -0.1) is 0 Å². The molecule has 0 amide bonds. The van der Waals surface area contributed by atoms with Gasteiger partial charge in [0, 0.05) is 19.1 Å². The Balaban J connectivity index is 2.03. The number of aromatic nitrogens is 1. The molecule has 1 aromatic heterocycles. The molecule has 110 valence electrons. The van der Waals surface area contributed by atoms with Gasteiger partial charge in [-0.25, -0.2) is 13.1 Å². The maximum Gasteiger partial charge on any atom is 0.246 e. The summed E-state index contributed by atoms with van der Waals surface area (Å²) in [4.78, 5) is 2.15. The topological polar surface area (TPSA) is 99.2 Å². The average molecular weight is 298 g/mol. The Morgan fingerprint density at radius 1 is 1.45 bits per heavy atom. The van der Waals surface area contributed by atoms with Crippen LogP contribution in [0.4, 0.5) is 0 Å². The summed E-state index contributed by atoms with van der Waals surface area (Å²) in [7, 11) is -3.60. The number of nitrogens with zero attached hydrogens (tertiary/aromatic N) is 3. The van der Waals surface area contributed by atoms with Gasteiger partial charge in [-0.3, -0.25) is 4.90 Å². The number of piperidine rings is 1. The van der Waals surface area contributed by atoms with Crippen molar-refractivity contribution >= 4 is 10.0 Å². The Morgan fingerprint density at radius 3 is 2.60 bits per heavy atom. The lowest BCUT2D eigenvalue weighted by Gasteiger charge is -2.30. The van der Waals surface area contributed by atoms with Crippen molar-refractivity contribution in [3.8, 4) is 6.07 Å². The molecule has 0 radical (unpaired) electrons. The number of hydrogen-bond donors (Lipinski definition) is 1. The second kappa shape index (κ2) is 5.91. The van der Waals surface area contributed by atoms with Gasteiger partial charge in [-0.1, -0.05) is 5.16 Å². The van der Waals surface area contributed by atoms with Gasteiger partial charge in [-0.2, -0.15) is 5.26 Å². The fourth-order valence-electron chi connectivity index (χ4n) is 2.45. The Morgan fingerprint density at radius 2 is 2.10 bits per heavy atom. The van der Waals surface area contributed by atoms with Crippen molar-refractivity contribution in [1.29, 1.82) is 5.26 Å². The molecular weight excluding hydrogens is 280 g/mol. The number of sulfonamides is 1. The summed E-state index contributed by atoms with van der Waals surface area (Å²) in [6, 6.07) is 2.00.